The van der Waals surface area contributed by atoms with Crippen LogP contribution in [-0.4, -0.2) is 19.8 Å². The molecule has 0 heterocycles. The second-order valence-electron chi connectivity index (χ2n) is 5.61. The van der Waals surface area contributed by atoms with Gasteiger partial charge in [0.05, 0.1) is 0 Å². The van der Waals surface area contributed by atoms with Crippen molar-refractivity contribution in [2.45, 2.75) is 42.5 Å². The molecule has 0 aromatic heterocycles. The average Bonchev–Trinajstić information content (AvgIpc) is 2.70. The fraction of sp³-hybridized carbons (Fsp3) is 0.409. The Hall–Kier alpha value is -0.830. The van der Waals surface area contributed by atoms with Crippen LogP contribution in [0, 0.1) is 6.92 Å². The van der Waals surface area contributed by atoms with Crippen molar-refractivity contribution in [1.82, 2.24) is 0 Å². The van der Waals surface area contributed by atoms with Gasteiger partial charge in [0.1, 0.15) is 0 Å². The van der Waals surface area contributed by atoms with Crippen LogP contribution in [0.25, 0.3) is 0 Å². The summed E-state index contributed by atoms with van der Waals surface area (Å²) in [4.78, 5) is 13.7. The number of methoxy groups -OCH3 is 1. The molecule has 27 heavy (non-hydrogen) atoms. The summed E-state index contributed by atoms with van der Waals surface area (Å²) in [6.45, 7) is 8.30. The van der Waals surface area contributed by atoms with E-state index in [1.807, 2.05) is 55.2 Å². The summed E-state index contributed by atoms with van der Waals surface area (Å²) in [6, 6.07) is 13.9. The molecule has 5 heteroatoms. The molecule has 0 bridgehead atoms. The maximum atomic E-state index is 11.7. The molecule has 0 aliphatic carbocycles. The molecule has 0 spiro atoms. The maximum absolute atomic E-state index is 11.7. The quantitative estimate of drug-likeness (QED) is 0.221. The minimum absolute atomic E-state index is 0.0603. The SMILES string of the molecule is CC.COc1ccc(C[I-][C@H](C)CC(=O)[I-]C)c(C)c1Oc1ccccc1. The molecule has 0 saturated carbocycles. The molecular formula is C22H30I2O3-2. The van der Waals surface area contributed by atoms with E-state index in [4.69, 9.17) is 9.47 Å². The summed E-state index contributed by atoms with van der Waals surface area (Å²) in [5.41, 5.74) is 2.43. The first-order valence-electron chi connectivity index (χ1n) is 9.04. The summed E-state index contributed by atoms with van der Waals surface area (Å²) in [7, 11) is 1.67. The van der Waals surface area contributed by atoms with Gasteiger partial charge in [-0.3, -0.25) is 0 Å². The van der Waals surface area contributed by atoms with Crippen molar-refractivity contribution in [3.63, 3.8) is 0 Å². The summed E-state index contributed by atoms with van der Waals surface area (Å²) < 4.78 is 13.6. The third-order valence-electron chi connectivity index (χ3n) is 3.80. The first-order chi connectivity index (χ1) is 13.0. The summed E-state index contributed by atoms with van der Waals surface area (Å²) in [6.07, 6.45) is 0.764. The zero-order valence-electron chi connectivity index (χ0n) is 17.0. The van der Waals surface area contributed by atoms with Crippen molar-refractivity contribution in [3.05, 3.63) is 53.6 Å². The van der Waals surface area contributed by atoms with E-state index in [0.29, 0.717) is 7.71 Å². The Morgan fingerprint density at radius 1 is 1.11 bits per heavy atom. The third-order valence-corrected chi connectivity index (χ3v) is 8.65. The Balaban J connectivity index is 0.00000176. The Kier molecular flexibility index (Phi) is 12.0. The minimum atomic E-state index is -0.261. The van der Waals surface area contributed by atoms with E-state index in [-0.39, 0.29) is 42.4 Å². The zero-order valence-corrected chi connectivity index (χ0v) is 21.3. The van der Waals surface area contributed by atoms with Crippen LogP contribution in [0.2, 0.25) is 0 Å². The van der Waals surface area contributed by atoms with Crippen LogP contribution in [0.1, 0.15) is 38.3 Å². The predicted octanol–water partition coefficient (Wildman–Crippen LogP) is -0.565. The van der Waals surface area contributed by atoms with Crippen LogP contribution < -0.4 is 51.9 Å². The summed E-state index contributed by atoms with van der Waals surface area (Å²) in [5.74, 6) is 2.35. The fourth-order valence-corrected chi connectivity index (χ4v) is 7.02. The number of benzene rings is 2. The van der Waals surface area contributed by atoms with Gasteiger partial charge in [0.2, 0.25) is 0 Å². The van der Waals surface area contributed by atoms with Crippen LogP contribution >= 0.6 is 0 Å². The van der Waals surface area contributed by atoms with E-state index in [2.05, 4.69) is 19.9 Å². The van der Waals surface area contributed by atoms with E-state index >= 15 is 0 Å². The Morgan fingerprint density at radius 2 is 1.78 bits per heavy atom. The molecule has 0 aliphatic rings. The molecule has 2 aromatic rings. The molecule has 1 atom stereocenters. The molecule has 152 valence electrons. The topological polar surface area (TPSA) is 35.5 Å². The molecule has 0 saturated heterocycles. The second kappa shape index (κ2) is 13.4. The number of carbonyl (C=O) groups is 1. The van der Waals surface area contributed by atoms with Gasteiger partial charge >= 0.3 is 172 Å². The van der Waals surface area contributed by atoms with Gasteiger partial charge in [0.15, 0.2) is 0 Å². The number of rotatable bonds is 9. The molecule has 0 N–H and O–H groups in total. The Bertz CT molecular complexity index is 702. The van der Waals surface area contributed by atoms with Gasteiger partial charge in [-0.1, -0.05) is 13.8 Å². The van der Waals surface area contributed by atoms with Gasteiger partial charge in [-0.2, -0.15) is 0 Å². The van der Waals surface area contributed by atoms with Gasteiger partial charge in [0, 0.05) is 0 Å². The number of alkyl halides is 3. The molecule has 0 amide bonds. The van der Waals surface area contributed by atoms with Crippen LogP contribution in [0.4, 0.5) is 0 Å². The van der Waals surface area contributed by atoms with Crippen molar-refractivity contribution < 1.29 is 56.7 Å². The molecule has 0 fully saturated rings. The molecular weight excluding hydrogens is 566 g/mol. The van der Waals surface area contributed by atoms with Gasteiger partial charge in [-0.05, 0) is 0 Å². The Morgan fingerprint density at radius 3 is 2.37 bits per heavy atom. The normalized spacial score (nSPS) is 11.5. The van der Waals surface area contributed by atoms with Crippen molar-refractivity contribution >= 4 is 3.79 Å². The van der Waals surface area contributed by atoms with E-state index < -0.39 is 0 Å². The fourth-order valence-electron chi connectivity index (χ4n) is 2.31. The van der Waals surface area contributed by atoms with Gasteiger partial charge in [0.25, 0.3) is 0 Å². The molecule has 0 unspecified atom stereocenters. The standard InChI is InChI=1S/C20H24I2O3.C2H6/c1-14(12-19(23)21-3)22-13-16-10-11-18(24-4)20(15(16)2)25-17-8-6-5-7-9-17;1-2/h5-11,14H,12-13H2,1-4H3;1-2H3/q-2;/t14-;/m1./s1. The van der Waals surface area contributed by atoms with E-state index in [1.54, 1.807) is 7.11 Å². The molecule has 2 aromatic carbocycles. The van der Waals surface area contributed by atoms with Crippen molar-refractivity contribution in [3.8, 4) is 17.2 Å². The van der Waals surface area contributed by atoms with E-state index in [0.717, 1.165) is 33.7 Å². The molecule has 2 rings (SSSR count). The monoisotopic (exact) mass is 596 g/mol. The van der Waals surface area contributed by atoms with Crippen LogP contribution in [0.15, 0.2) is 42.5 Å². The Labute approximate surface area is 184 Å². The zero-order chi connectivity index (χ0) is 20.2. The van der Waals surface area contributed by atoms with Crippen molar-refractivity contribution in [1.29, 1.82) is 0 Å². The predicted molar refractivity (Wildman–Crippen MR) is 104 cm³/mol. The number of halogens is 2. The number of ether oxygens (including phenoxy) is 2. The van der Waals surface area contributed by atoms with Crippen molar-refractivity contribution in [2.75, 3.05) is 12.0 Å². The van der Waals surface area contributed by atoms with Gasteiger partial charge in [-0.15, -0.1) is 0 Å². The first-order valence-corrected chi connectivity index (χ1v) is 15.0. The first kappa shape index (κ1) is 24.2. The number of carbonyl (C=O) groups excluding carboxylic acids is 1. The van der Waals surface area contributed by atoms with Crippen LogP contribution in [0.5, 0.6) is 17.2 Å². The van der Waals surface area contributed by atoms with Crippen LogP contribution in [0.3, 0.4) is 0 Å². The van der Waals surface area contributed by atoms with E-state index in [9.17, 15) is 4.79 Å². The second-order valence-corrected chi connectivity index (χ2v) is 11.7. The summed E-state index contributed by atoms with van der Waals surface area (Å²) >= 11 is -0.321. The van der Waals surface area contributed by atoms with Crippen LogP contribution in [-0.2, 0) is 9.22 Å². The average molecular weight is 596 g/mol. The molecule has 3 nitrogen and oxygen atoms in total. The molecule has 0 aliphatic heterocycles. The van der Waals surface area contributed by atoms with E-state index in [1.165, 1.54) is 5.56 Å². The third kappa shape index (κ3) is 7.97. The molecule has 0 radical (unpaired) electrons. The number of hydrogen-bond acceptors (Lipinski definition) is 3. The number of para-hydroxylation sites is 1. The van der Waals surface area contributed by atoms with Crippen molar-refractivity contribution in [2.24, 2.45) is 0 Å². The number of hydrogen-bond donors (Lipinski definition) is 0. The van der Waals surface area contributed by atoms with Gasteiger partial charge in [-0.25, -0.2) is 0 Å². The summed E-state index contributed by atoms with van der Waals surface area (Å²) in [5, 5.41) is 0. The van der Waals surface area contributed by atoms with Gasteiger partial charge < -0.3 is 0 Å².